The van der Waals surface area contributed by atoms with Crippen LogP contribution >= 0.6 is 15.9 Å². The van der Waals surface area contributed by atoms with Gasteiger partial charge in [0.25, 0.3) is 0 Å². The van der Waals surface area contributed by atoms with E-state index in [2.05, 4.69) is 50.1 Å². The summed E-state index contributed by atoms with van der Waals surface area (Å²) in [5.41, 5.74) is 7.50. The maximum absolute atomic E-state index is 6.22. The van der Waals surface area contributed by atoms with Crippen LogP contribution < -0.4 is 10.6 Å². The second-order valence-corrected chi connectivity index (χ2v) is 6.90. The average molecular weight is 336 g/mol. The van der Waals surface area contributed by atoms with Crippen molar-refractivity contribution in [3.63, 3.8) is 0 Å². The Morgan fingerprint density at radius 1 is 1.10 bits per heavy atom. The summed E-state index contributed by atoms with van der Waals surface area (Å²) in [5.74, 6) is 0.684. The molecule has 2 aliphatic rings. The highest BCUT2D eigenvalue weighted by Crippen LogP contribution is 2.38. The minimum atomic E-state index is 0.116. The van der Waals surface area contributed by atoms with Gasteiger partial charge in [0.05, 0.1) is 12.1 Å². The molecule has 1 spiro atoms. The van der Waals surface area contributed by atoms with Crippen LogP contribution in [0.5, 0.6) is 0 Å². The highest BCUT2D eigenvalue weighted by molar-refractivity contribution is 9.10. The molecule has 1 heterocycles. The van der Waals surface area contributed by atoms with Gasteiger partial charge in [0.15, 0.2) is 5.96 Å². The van der Waals surface area contributed by atoms with Gasteiger partial charge >= 0.3 is 0 Å². The number of anilines is 1. The molecule has 108 valence electrons. The van der Waals surface area contributed by atoms with Crippen molar-refractivity contribution in [3.05, 3.63) is 28.7 Å². The van der Waals surface area contributed by atoms with Gasteiger partial charge in [0, 0.05) is 10.2 Å². The molecule has 2 N–H and O–H groups in total. The number of guanidine groups is 1. The van der Waals surface area contributed by atoms with Crippen LogP contribution in [0.4, 0.5) is 5.69 Å². The van der Waals surface area contributed by atoms with Crippen molar-refractivity contribution in [2.45, 2.75) is 50.5 Å². The minimum absolute atomic E-state index is 0.116. The first-order chi connectivity index (χ1) is 9.71. The summed E-state index contributed by atoms with van der Waals surface area (Å²) in [6, 6.07) is 8.41. The summed E-state index contributed by atoms with van der Waals surface area (Å²) in [5, 5.41) is 0. The highest BCUT2D eigenvalue weighted by Gasteiger charge is 2.42. The molecule has 3 nitrogen and oxygen atoms in total. The lowest BCUT2D eigenvalue weighted by Gasteiger charge is -2.40. The van der Waals surface area contributed by atoms with Crippen LogP contribution in [0.3, 0.4) is 0 Å². The maximum atomic E-state index is 6.22. The predicted molar refractivity (Wildman–Crippen MR) is 88.2 cm³/mol. The first-order valence-electron chi connectivity index (χ1n) is 7.57. The molecule has 0 atom stereocenters. The summed E-state index contributed by atoms with van der Waals surface area (Å²) in [6.07, 6.45) is 9.03. The van der Waals surface area contributed by atoms with E-state index >= 15 is 0 Å². The quantitative estimate of drug-likeness (QED) is 0.840. The fraction of sp³-hybridized carbons (Fsp3) is 0.562. The average Bonchev–Trinajstić information content (AvgIpc) is 2.72. The number of halogens is 1. The van der Waals surface area contributed by atoms with Crippen LogP contribution in [0, 0.1) is 0 Å². The molecule has 0 saturated heterocycles. The van der Waals surface area contributed by atoms with Crippen LogP contribution in [0.2, 0.25) is 0 Å². The molecule has 1 aromatic carbocycles. The molecule has 3 rings (SSSR count). The van der Waals surface area contributed by atoms with Crippen molar-refractivity contribution in [2.24, 2.45) is 10.7 Å². The van der Waals surface area contributed by atoms with Crippen molar-refractivity contribution in [3.8, 4) is 0 Å². The molecule has 20 heavy (non-hydrogen) atoms. The number of hydrogen-bond donors (Lipinski definition) is 1. The van der Waals surface area contributed by atoms with Crippen LogP contribution in [0.15, 0.2) is 33.7 Å². The van der Waals surface area contributed by atoms with Gasteiger partial charge in [-0.25, -0.2) is 0 Å². The van der Waals surface area contributed by atoms with E-state index in [0.717, 1.165) is 11.0 Å². The smallest absolute Gasteiger partial charge is 0.196 e. The SMILES string of the molecule is NC1=NCC2(CCCCCCC2)N1c1cccc(Br)c1. The molecule has 1 aliphatic heterocycles. The van der Waals surface area contributed by atoms with E-state index < -0.39 is 0 Å². The number of nitrogens with zero attached hydrogens (tertiary/aromatic N) is 2. The van der Waals surface area contributed by atoms with E-state index in [0.29, 0.717) is 5.96 Å². The Bertz CT molecular complexity index is 504. The summed E-state index contributed by atoms with van der Waals surface area (Å²) < 4.78 is 1.09. The standard InChI is InChI=1S/C16H22BrN3/c17-13-7-6-8-14(11-13)20-15(18)19-12-16(20)9-4-2-1-3-5-10-16/h6-8,11H,1-5,9-10,12H2,(H2,18,19). The van der Waals surface area contributed by atoms with E-state index in [1.807, 2.05) is 0 Å². The molecule has 4 heteroatoms. The molecule has 1 aromatic rings. The minimum Gasteiger partial charge on any atom is -0.369 e. The number of benzene rings is 1. The molecule has 1 fully saturated rings. The van der Waals surface area contributed by atoms with E-state index in [9.17, 15) is 0 Å². The lowest BCUT2D eigenvalue weighted by atomic mass is 9.83. The number of nitrogens with two attached hydrogens (primary N) is 1. The number of hydrogen-bond acceptors (Lipinski definition) is 3. The third-order valence-electron chi connectivity index (χ3n) is 4.59. The third-order valence-corrected chi connectivity index (χ3v) is 5.08. The van der Waals surface area contributed by atoms with Crippen LogP contribution in [0.1, 0.15) is 44.9 Å². The number of rotatable bonds is 1. The van der Waals surface area contributed by atoms with Gasteiger partial charge in [-0.1, -0.05) is 54.1 Å². The molecule has 0 radical (unpaired) electrons. The zero-order chi connectivity index (χ0) is 14.0. The number of aliphatic imine (C=N–C) groups is 1. The molecular weight excluding hydrogens is 314 g/mol. The third kappa shape index (κ3) is 2.58. The fourth-order valence-corrected chi connectivity index (χ4v) is 3.97. The van der Waals surface area contributed by atoms with Crippen molar-refractivity contribution in [2.75, 3.05) is 11.4 Å². The molecule has 0 unspecified atom stereocenters. The molecule has 1 saturated carbocycles. The van der Waals surface area contributed by atoms with Crippen molar-refractivity contribution in [1.82, 2.24) is 0 Å². The van der Waals surface area contributed by atoms with Gasteiger partial charge in [0.2, 0.25) is 0 Å². The van der Waals surface area contributed by atoms with E-state index in [4.69, 9.17) is 5.73 Å². The van der Waals surface area contributed by atoms with Crippen LogP contribution in [0.25, 0.3) is 0 Å². The Kier molecular flexibility index (Phi) is 4.01. The van der Waals surface area contributed by atoms with E-state index in [-0.39, 0.29) is 5.54 Å². The molecular formula is C16H22BrN3. The fourth-order valence-electron chi connectivity index (χ4n) is 3.58. The summed E-state index contributed by atoms with van der Waals surface area (Å²) in [7, 11) is 0. The van der Waals surface area contributed by atoms with Crippen molar-refractivity contribution in [1.29, 1.82) is 0 Å². The normalized spacial score (nSPS) is 22.4. The van der Waals surface area contributed by atoms with Crippen LogP contribution in [-0.2, 0) is 0 Å². The Labute approximate surface area is 129 Å². The monoisotopic (exact) mass is 335 g/mol. The summed E-state index contributed by atoms with van der Waals surface area (Å²) >= 11 is 3.56. The Morgan fingerprint density at radius 3 is 2.50 bits per heavy atom. The van der Waals surface area contributed by atoms with Crippen molar-refractivity contribution < 1.29 is 0 Å². The first kappa shape index (κ1) is 13.9. The Morgan fingerprint density at radius 2 is 1.80 bits per heavy atom. The van der Waals surface area contributed by atoms with E-state index in [1.54, 1.807) is 0 Å². The van der Waals surface area contributed by atoms with E-state index in [1.165, 1.54) is 50.6 Å². The lowest BCUT2D eigenvalue weighted by Crippen LogP contribution is -2.52. The molecule has 1 aliphatic carbocycles. The first-order valence-corrected chi connectivity index (χ1v) is 8.36. The second kappa shape index (κ2) is 5.76. The largest absolute Gasteiger partial charge is 0.369 e. The van der Waals surface area contributed by atoms with Gasteiger partial charge in [-0.05, 0) is 31.0 Å². The van der Waals surface area contributed by atoms with Gasteiger partial charge in [-0.3, -0.25) is 4.99 Å². The second-order valence-electron chi connectivity index (χ2n) is 5.98. The Hall–Kier alpha value is -1.03. The zero-order valence-electron chi connectivity index (χ0n) is 11.8. The molecule has 0 amide bonds. The Balaban J connectivity index is 1.94. The predicted octanol–water partition coefficient (Wildman–Crippen LogP) is 4.07. The van der Waals surface area contributed by atoms with Gasteiger partial charge in [-0.15, -0.1) is 0 Å². The lowest BCUT2D eigenvalue weighted by molar-refractivity contribution is 0.337. The molecule has 0 aromatic heterocycles. The summed E-state index contributed by atoms with van der Waals surface area (Å²) in [6.45, 7) is 0.853. The molecule has 0 bridgehead atoms. The van der Waals surface area contributed by atoms with Gasteiger partial charge in [0.1, 0.15) is 0 Å². The topological polar surface area (TPSA) is 41.6 Å². The summed E-state index contributed by atoms with van der Waals surface area (Å²) in [4.78, 5) is 6.87. The van der Waals surface area contributed by atoms with Crippen molar-refractivity contribution >= 4 is 27.6 Å². The van der Waals surface area contributed by atoms with Gasteiger partial charge < -0.3 is 10.6 Å². The highest BCUT2D eigenvalue weighted by atomic mass is 79.9. The van der Waals surface area contributed by atoms with Gasteiger partial charge in [-0.2, -0.15) is 0 Å². The van der Waals surface area contributed by atoms with Crippen LogP contribution in [-0.4, -0.2) is 18.0 Å². The zero-order valence-corrected chi connectivity index (χ0v) is 13.4. The maximum Gasteiger partial charge on any atom is 0.196 e.